The van der Waals surface area contributed by atoms with Crippen molar-refractivity contribution < 1.29 is 4.79 Å². The average Bonchev–Trinajstić information content (AvgIpc) is 2.97. The van der Waals surface area contributed by atoms with E-state index in [9.17, 15) is 9.59 Å². The Morgan fingerprint density at radius 3 is 2.67 bits per heavy atom. The van der Waals surface area contributed by atoms with Gasteiger partial charge in [-0.2, -0.15) is 0 Å². The van der Waals surface area contributed by atoms with Crippen molar-refractivity contribution in [2.24, 2.45) is 7.05 Å². The maximum absolute atomic E-state index is 12.2. The van der Waals surface area contributed by atoms with Gasteiger partial charge in [-0.1, -0.05) is 23.5 Å². The molecular weight excluding hydrogens is 290 g/mol. The van der Waals surface area contributed by atoms with Crippen molar-refractivity contribution in [2.75, 3.05) is 5.32 Å². The van der Waals surface area contributed by atoms with E-state index in [2.05, 4.69) is 15.5 Å². The molecule has 7 nitrogen and oxygen atoms in total. The van der Waals surface area contributed by atoms with Gasteiger partial charge in [0.05, 0.1) is 11.0 Å². The van der Waals surface area contributed by atoms with Crippen LogP contribution in [0.4, 0.5) is 5.13 Å². The Morgan fingerprint density at radius 2 is 2.00 bits per heavy atom. The van der Waals surface area contributed by atoms with E-state index in [1.54, 1.807) is 7.05 Å². The number of benzene rings is 1. The van der Waals surface area contributed by atoms with Crippen molar-refractivity contribution in [3.05, 3.63) is 39.8 Å². The largest absolute Gasteiger partial charge is 0.329 e. The van der Waals surface area contributed by atoms with Crippen LogP contribution in [0.15, 0.2) is 29.1 Å². The van der Waals surface area contributed by atoms with Crippen LogP contribution in [0.3, 0.4) is 0 Å². The second-order valence-corrected chi connectivity index (χ2v) is 5.77. The van der Waals surface area contributed by atoms with Crippen LogP contribution in [0, 0.1) is 6.92 Å². The van der Waals surface area contributed by atoms with E-state index in [0.29, 0.717) is 5.13 Å². The van der Waals surface area contributed by atoms with Crippen molar-refractivity contribution in [3.8, 4) is 0 Å². The summed E-state index contributed by atoms with van der Waals surface area (Å²) in [6.07, 6.45) is 0. The number of para-hydroxylation sites is 2. The standard InChI is InChI=1S/C13H13N5O2S/c1-8-15-16-12(21-8)14-11(19)7-18-10-6-4-3-5-9(10)17(2)13(18)20/h3-6H,7H2,1-2H3,(H,14,16,19). The quantitative estimate of drug-likeness (QED) is 0.786. The Balaban J connectivity index is 1.90. The molecule has 0 fully saturated rings. The summed E-state index contributed by atoms with van der Waals surface area (Å²) in [5.74, 6) is -0.301. The fraction of sp³-hybridized carbons (Fsp3) is 0.231. The lowest BCUT2D eigenvalue weighted by Crippen LogP contribution is -2.28. The Bertz CT molecular complexity index is 876. The first-order valence-corrected chi connectivity index (χ1v) is 7.12. The van der Waals surface area contributed by atoms with Crippen LogP contribution in [0.1, 0.15) is 5.01 Å². The molecule has 0 saturated carbocycles. The smallest absolute Gasteiger partial charge is 0.299 e. The third-order valence-electron chi connectivity index (χ3n) is 3.13. The number of carbonyl (C=O) groups excluding carboxylic acids is 1. The topological polar surface area (TPSA) is 81.8 Å². The van der Waals surface area contributed by atoms with E-state index in [4.69, 9.17) is 0 Å². The second kappa shape index (κ2) is 5.13. The fourth-order valence-electron chi connectivity index (χ4n) is 2.17. The molecule has 2 heterocycles. The third kappa shape index (κ3) is 2.45. The molecule has 0 atom stereocenters. The first-order valence-electron chi connectivity index (χ1n) is 6.30. The Kier molecular flexibility index (Phi) is 3.30. The molecule has 0 aliphatic heterocycles. The van der Waals surface area contributed by atoms with Gasteiger partial charge in [0.25, 0.3) is 0 Å². The number of carbonyl (C=O) groups is 1. The molecule has 0 spiro atoms. The summed E-state index contributed by atoms with van der Waals surface area (Å²) < 4.78 is 2.97. The van der Waals surface area contributed by atoms with Gasteiger partial charge < -0.3 is 0 Å². The molecule has 0 radical (unpaired) electrons. The molecule has 0 aliphatic rings. The highest BCUT2D eigenvalue weighted by molar-refractivity contribution is 7.15. The number of hydrogen-bond acceptors (Lipinski definition) is 5. The van der Waals surface area contributed by atoms with E-state index in [1.165, 1.54) is 20.5 Å². The molecule has 0 bridgehead atoms. The van der Waals surface area contributed by atoms with Gasteiger partial charge in [0.2, 0.25) is 11.0 Å². The van der Waals surface area contributed by atoms with Crippen LogP contribution in [0.2, 0.25) is 0 Å². The van der Waals surface area contributed by atoms with E-state index in [0.717, 1.165) is 16.0 Å². The van der Waals surface area contributed by atoms with Crippen LogP contribution in [0.5, 0.6) is 0 Å². The summed E-state index contributed by atoms with van der Waals surface area (Å²) in [5, 5.41) is 11.5. The van der Waals surface area contributed by atoms with E-state index in [-0.39, 0.29) is 18.1 Å². The summed E-state index contributed by atoms with van der Waals surface area (Å²) in [4.78, 5) is 24.3. The molecule has 0 saturated heterocycles. The summed E-state index contributed by atoms with van der Waals surface area (Å²) in [5.41, 5.74) is 1.30. The predicted octanol–water partition coefficient (Wildman–Crippen LogP) is 1.14. The Hall–Kier alpha value is -2.48. The zero-order valence-electron chi connectivity index (χ0n) is 11.5. The molecule has 1 N–H and O–H groups in total. The third-order valence-corrected chi connectivity index (χ3v) is 3.88. The number of rotatable bonds is 3. The lowest BCUT2D eigenvalue weighted by molar-refractivity contribution is -0.116. The highest BCUT2D eigenvalue weighted by Crippen LogP contribution is 2.14. The number of fused-ring (bicyclic) bond motifs is 1. The number of aromatic nitrogens is 4. The minimum atomic E-state index is -0.301. The average molecular weight is 303 g/mol. The fourth-order valence-corrected chi connectivity index (χ4v) is 2.77. The number of nitrogens with one attached hydrogen (secondary N) is 1. The van der Waals surface area contributed by atoms with Gasteiger partial charge in [-0.3, -0.25) is 19.2 Å². The normalized spacial score (nSPS) is 11.0. The van der Waals surface area contributed by atoms with Crippen LogP contribution >= 0.6 is 11.3 Å². The van der Waals surface area contributed by atoms with Crippen LogP contribution in [-0.4, -0.2) is 25.2 Å². The van der Waals surface area contributed by atoms with Crippen molar-refractivity contribution >= 4 is 33.4 Å². The molecule has 0 unspecified atom stereocenters. The van der Waals surface area contributed by atoms with Gasteiger partial charge in [-0.25, -0.2) is 4.79 Å². The molecule has 8 heteroatoms. The summed E-state index contributed by atoms with van der Waals surface area (Å²) in [6, 6.07) is 7.36. The highest BCUT2D eigenvalue weighted by atomic mass is 32.1. The molecule has 108 valence electrons. The maximum Gasteiger partial charge on any atom is 0.329 e. The number of imidazole rings is 1. The SMILES string of the molecule is Cc1nnc(NC(=O)Cn2c(=O)n(C)c3ccccc32)s1. The number of amides is 1. The first kappa shape index (κ1) is 13.5. The lowest BCUT2D eigenvalue weighted by Gasteiger charge is -2.02. The first-order chi connectivity index (χ1) is 10.1. The summed E-state index contributed by atoms with van der Waals surface area (Å²) in [7, 11) is 1.69. The van der Waals surface area contributed by atoms with Crippen molar-refractivity contribution in [1.29, 1.82) is 0 Å². The Morgan fingerprint density at radius 1 is 1.29 bits per heavy atom. The minimum absolute atomic E-state index is 0.0567. The van der Waals surface area contributed by atoms with Gasteiger partial charge >= 0.3 is 5.69 Å². The Labute approximate surface area is 123 Å². The van der Waals surface area contributed by atoms with Gasteiger partial charge in [0.15, 0.2) is 0 Å². The lowest BCUT2D eigenvalue weighted by atomic mass is 10.3. The van der Waals surface area contributed by atoms with Crippen molar-refractivity contribution in [1.82, 2.24) is 19.3 Å². The van der Waals surface area contributed by atoms with Crippen molar-refractivity contribution in [3.63, 3.8) is 0 Å². The highest BCUT2D eigenvalue weighted by Gasteiger charge is 2.14. The zero-order chi connectivity index (χ0) is 15.0. The van der Waals surface area contributed by atoms with Crippen molar-refractivity contribution in [2.45, 2.75) is 13.5 Å². The van der Waals surface area contributed by atoms with E-state index < -0.39 is 0 Å². The van der Waals surface area contributed by atoms with Gasteiger partial charge in [-0.15, -0.1) is 10.2 Å². The number of hydrogen-bond donors (Lipinski definition) is 1. The molecule has 0 aliphatic carbocycles. The maximum atomic E-state index is 12.2. The van der Waals surface area contributed by atoms with Gasteiger partial charge in [-0.05, 0) is 19.1 Å². The molecule has 1 amide bonds. The predicted molar refractivity (Wildman–Crippen MR) is 80.5 cm³/mol. The molecular formula is C13H13N5O2S. The van der Waals surface area contributed by atoms with Crippen LogP contribution in [-0.2, 0) is 18.4 Å². The second-order valence-electron chi connectivity index (χ2n) is 4.59. The zero-order valence-corrected chi connectivity index (χ0v) is 12.3. The molecule has 3 rings (SSSR count). The van der Waals surface area contributed by atoms with Crippen LogP contribution < -0.4 is 11.0 Å². The molecule has 21 heavy (non-hydrogen) atoms. The summed E-state index contributed by atoms with van der Waals surface area (Å²) >= 11 is 1.29. The molecule has 1 aromatic carbocycles. The minimum Gasteiger partial charge on any atom is -0.299 e. The number of aryl methyl sites for hydroxylation is 2. The van der Waals surface area contributed by atoms with E-state index in [1.807, 2.05) is 31.2 Å². The van der Waals surface area contributed by atoms with Crippen LogP contribution in [0.25, 0.3) is 11.0 Å². The van der Waals surface area contributed by atoms with E-state index >= 15 is 0 Å². The van der Waals surface area contributed by atoms with Gasteiger partial charge in [0, 0.05) is 7.05 Å². The molecule has 2 aromatic heterocycles. The number of anilines is 1. The number of nitrogens with zero attached hydrogens (tertiary/aromatic N) is 4. The monoisotopic (exact) mass is 303 g/mol. The van der Waals surface area contributed by atoms with Gasteiger partial charge in [0.1, 0.15) is 11.6 Å². The summed E-state index contributed by atoms with van der Waals surface area (Å²) in [6.45, 7) is 1.75. The molecule has 3 aromatic rings.